The second-order valence-corrected chi connectivity index (χ2v) is 6.59. The summed E-state index contributed by atoms with van der Waals surface area (Å²) >= 11 is 3.60. The molecular formula is C18H12S2. The van der Waals surface area contributed by atoms with Crippen LogP contribution in [0.4, 0.5) is 0 Å². The van der Waals surface area contributed by atoms with Gasteiger partial charge in [0, 0.05) is 20.9 Å². The summed E-state index contributed by atoms with van der Waals surface area (Å²) < 4.78 is 0. The molecule has 2 aromatic carbocycles. The molecule has 0 N–H and O–H groups in total. The summed E-state index contributed by atoms with van der Waals surface area (Å²) in [6.07, 6.45) is 0. The number of fused-ring (bicyclic) bond motifs is 1. The van der Waals surface area contributed by atoms with Gasteiger partial charge in [0.1, 0.15) is 0 Å². The fourth-order valence-electron chi connectivity index (χ4n) is 2.51. The predicted molar refractivity (Wildman–Crippen MR) is 90.6 cm³/mol. The molecule has 2 heteroatoms. The Kier molecular flexibility index (Phi) is 2.91. The van der Waals surface area contributed by atoms with Crippen molar-refractivity contribution in [3.05, 3.63) is 71.4 Å². The highest BCUT2D eigenvalue weighted by molar-refractivity contribution is 7.14. The van der Waals surface area contributed by atoms with Gasteiger partial charge in [-0.15, -0.1) is 22.7 Å². The Labute approximate surface area is 126 Å². The van der Waals surface area contributed by atoms with Gasteiger partial charge in [0.15, 0.2) is 0 Å². The van der Waals surface area contributed by atoms with Crippen LogP contribution < -0.4 is 0 Å². The van der Waals surface area contributed by atoms with E-state index in [1.54, 1.807) is 22.7 Å². The largest absolute Gasteiger partial charge is 0.144 e. The number of hydrogen-bond donors (Lipinski definition) is 0. The van der Waals surface area contributed by atoms with Crippen molar-refractivity contribution >= 4 is 33.4 Å². The first-order valence-electron chi connectivity index (χ1n) is 6.52. The van der Waals surface area contributed by atoms with Crippen LogP contribution in [0.3, 0.4) is 0 Å². The van der Waals surface area contributed by atoms with E-state index in [2.05, 4.69) is 71.4 Å². The number of thiophene rings is 2. The van der Waals surface area contributed by atoms with E-state index in [0.29, 0.717) is 0 Å². The zero-order valence-electron chi connectivity index (χ0n) is 10.7. The maximum absolute atomic E-state index is 2.32. The third-order valence-electron chi connectivity index (χ3n) is 3.46. The van der Waals surface area contributed by atoms with Crippen molar-refractivity contribution in [3.63, 3.8) is 0 Å². The number of benzene rings is 2. The van der Waals surface area contributed by atoms with Crippen LogP contribution in [0, 0.1) is 0 Å². The topological polar surface area (TPSA) is 0 Å². The van der Waals surface area contributed by atoms with Crippen LogP contribution >= 0.6 is 22.7 Å². The molecule has 96 valence electrons. The smallest absolute Gasteiger partial charge is 0.0349 e. The average molecular weight is 292 g/mol. The molecule has 0 nitrogen and oxygen atoms in total. The molecule has 2 heterocycles. The summed E-state index contributed by atoms with van der Waals surface area (Å²) in [6.45, 7) is 0. The number of hydrogen-bond acceptors (Lipinski definition) is 2. The van der Waals surface area contributed by atoms with E-state index in [-0.39, 0.29) is 0 Å². The SMILES string of the molecule is c1csc(-c2cc3ccccc3cc2-c2cccs2)c1. The van der Waals surface area contributed by atoms with Crippen molar-refractivity contribution in [2.75, 3.05) is 0 Å². The summed E-state index contributed by atoms with van der Waals surface area (Å²) in [5.74, 6) is 0. The third-order valence-corrected chi connectivity index (χ3v) is 5.27. The maximum atomic E-state index is 2.32. The van der Waals surface area contributed by atoms with E-state index >= 15 is 0 Å². The van der Waals surface area contributed by atoms with E-state index in [9.17, 15) is 0 Å². The molecule has 0 aliphatic rings. The summed E-state index contributed by atoms with van der Waals surface area (Å²) in [7, 11) is 0. The molecule has 0 aliphatic heterocycles. The molecule has 2 aromatic heterocycles. The Morgan fingerprint density at radius 2 is 1.05 bits per heavy atom. The van der Waals surface area contributed by atoms with Crippen molar-refractivity contribution < 1.29 is 0 Å². The van der Waals surface area contributed by atoms with Crippen molar-refractivity contribution in [2.45, 2.75) is 0 Å². The molecule has 20 heavy (non-hydrogen) atoms. The Balaban J connectivity index is 2.06. The lowest BCUT2D eigenvalue weighted by atomic mass is 9.99. The van der Waals surface area contributed by atoms with Gasteiger partial charge in [-0.1, -0.05) is 36.4 Å². The normalized spacial score (nSPS) is 11.0. The second kappa shape index (κ2) is 4.89. The summed E-state index contributed by atoms with van der Waals surface area (Å²) in [5, 5.41) is 6.89. The van der Waals surface area contributed by atoms with Gasteiger partial charge in [0.05, 0.1) is 0 Å². The number of rotatable bonds is 2. The van der Waals surface area contributed by atoms with Gasteiger partial charge in [-0.3, -0.25) is 0 Å². The Morgan fingerprint density at radius 1 is 0.550 bits per heavy atom. The molecule has 0 spiro atoms. The van der Waals surface area contributed by atoms with Crippen LogP contribution in [0.25, 0.3) is 31.7 Å². The fraction of sp³-hybridized carbons (Fsp3) is 0. The minimum Gasteiger partial charge on any atom is -0.144 e. The molecule has 0 unspecified atom stereocenters. The zero-order valence-corrected chi connectivity index (χ0v) is 12.4. The van der Waals surface area contributed by atoms with E-state index in [4.69, 9.17) is 0 Å². The van der Waals surface area contributed by atoms with E-state index in [0.717, 1.165) is 0 Å². The van der Waals surface area contributed by atoms with Crippen LogP contribution in [0.15, 0.2) is 71.4 Å². The molecule has 0 bridgehead atoms. The first-order chi connectivity index (χ1) is 9.92. The molecule has 4 aromatic rings. The minimum absolute atomic E-state index is 1.30. The average Bonchev–Trinajstić information content (AvgIpc) is 3.19. The Bertz CT molecular complexity index is 768. The molecule has 0 atom stereocenters. The van der Waals surface area contributed by atoms with E-state index in [1.165, 1.54) is 31.7 Å². The van der Waals surface area contributed by atoms with Gasteiger partial charge in [-0.05, 0) is 45.8 Å². The lowest BCUT2D eigenvalue weighted by molar-refractivity contribution is 1.72. The standard InChI is InChI=1S/C18H12S2/c1-2-6-14-12-16(18-8-4-10-20-18)15(11-13(14)5-1)17-7-3-9-19-17/h1-12H. The molecule has 0 aliphatic carbocycles. The lowest BCUT2D eigenvalue weighted by Crippen LogP contribution is -1.82. The van der Waals surface area contributed by atoms with Gasteiger partial charge in [0.2, 0.25) is 0 Å². The highest BCUT2D eigenvalue weighted by atomic mass is 32.1. The van der Waals surface area contributed by atoms with Crippen LogP contribution in [-0.2, 0) is 0 Å². The van der Waals surface area contributed by atoms with Crippen molar-refractivity contribution in [2.24, 2.45) is 0 Å². The van der Waals surface area contributed by atoms with Crippen molar-refractivity contribution in [1.82, 2.24) is 0 Å². The quantitative estimate of drug-likeness (QED) is 0.407. The monoisotopic (exact) mass is 292 g/mol. The maximum Gasteiger partial charge on any atom is 0.0349 e. The van der Waals surface area contributed by atoms with Gasteiger partial charge in [0.25, 0.3) is 0 Å². The van der Waals surface area contributed by atoms with Crippen LogP contribution in [0.2, 0.25) is 0 Å². The van der Waals surface area contributed by atoms with Gasteiger partial charge >= 0.3 is 0 Å². The summed E-state index contributed by atoms with van der Waals surface area (Å²) in [4.78, 5) is 2.67. The fourth-order valence-corrected chi connectivity index (χ4v) is 4.03. The first kappa shape index (κ1) is 11.9. The lowest BCUT2D eigenvalue weighted by Gasteiger charge is -2.09. The third kappa shape index (κ3) is 1.98. The Morgan fingerprint density at radius 3 is 1.45 bits per heavy atom. The van der Waals surface area contributed by atoms with Crippen LogP contribution in [0.5, 0.6) is 0 Å². The molecule has 0 amide bonds. The molecule has 0 radical (unpaired) electrons. The predicted octanol–water partition coefficient (Wildman–Crippen LogP) is 6.30. The summed E-state index contributed by atoms with van der Waals surface area (Å²) in [6, 6.07) is 21.8. The first-order valence-corrected chi connectivity index (χ1v) is 8.28. The molecular weight excluding hydrogens is 280 g/mol. The molecule has 0 saturated heterocycles. The van der Waals surface area contributed by atoms with Crippen LogP contribution in [-0.4, -0.2) is 0 Å². The zero-order chi connectivity index (χ0) is 13.4. The Hall–Kier alpha value is -1.90. The second-order valence-electron chi connectivity index (χ2n) is 4.70. The molecule has 0 fully saturated rings. The highest BCUT2D eigenvalue weighted by Crippen LogP contribution is 2.39. The van der Waals surface area contributed by atoms with Crippen molar-refractivity contribution in [1.29, 1.82) is 0 Å². The van der Waals surface area contributed by atoms with E-state index < -0.39 is 0 Å². The van der Waals surface area contributed by atoms with Gasteiger partial charge < -0.3 is 0 Å². The minimum atomic E-state index is 1.30. The van der Waals surface area contributed by atoms with Gasteiger partial charge in [-0.2, -0.15) is 0 Å². The van der Waals surface area contributed by atoms with E-state index in [1.807, 2.05) is 0 Å². The molecule has 4 rings (SSSR count). The highest BCUT2D eigenvalue weighted by Gasteiger charge is 2.10. The van der Waals surface area contributed by atoms with Gasteiger partial charge in [-0.25, -0.2) is 0 Å². The van der Waals surface area contributed by atoms with Crippen LogP contribution in [0.1, 0.15) is 0 Å². The summed E-state index contributed by atoms with van der Waals surface area (Å²) in [5.41, 5.74) is 2.67. The molecule has 0 saturated carbocycles. The van der Waals surface area contributed by atoms with Crippen molar-refractivity contribution in [3.8, 4) is 20.9 Å².